The van der Waals surface area contributed by atoms with Gasteiger partial charge in [-0.25, -0.2) is 0 Å². The van der Waals surface area contributed by atoms with E-state index in [-0.39, 0.29) is 0 Å². The van der Waals surface area contributed by atoms with Crippen molar-refractivity contribution in [3.8, 4) is 0 Å². The first-order chi connectivity index (χ1) is 8.18. The average molecular weight is 245 g/mol. The van der Waals surface area contributed by atoms with Gasteiger partial charge in [0.05, 0.1) is 0 Å². The number of nitrogens with one attached hydrogen (secondary N) is 1. The van der Waals surface area contributed by atoms with Gasteiger partial charge in [0.2, 0.25) is 0 Å². The first-order valence-corrected chi connectivity index (χ1v) is 6.93. The molecule has 1 N–H and O–H groups in total. The van der Waals surface area contributed by atoms with Crippen LogP contribution in [0.25, 0.3) is 0 Å². The van der Waals surface area contributed by atoms with Crippen molar-refractivity contribution in [1.29, 1.82) is 0 Å². The van der Waals surface area contributed by atoms with E-state index in [4.69, 9.17) is 0 Å². The molecule has 2 rings (SSSR count). The van der Waals surface area contributed by atoms with Gasteiger partial charge in [-0.2, -0.15) is 11.3 Å². The molecule has 1 heterocycles. The summed E-state index contributed by atoms with van der Waals surface area (Å²) in [4.78, 5) is 0. The number of benzene rings is 1. The zero-order valence-corrected chi connectivity index (χ0v) is 11.5. The van der Waals surface area contributed by atoms with Crippen LogP contribution in [0.1, 0.15) is 35.2 Å². The Hall–Kier alpha value is -1.12. The van der Waals surface area contributed by atoms with Crippen molar-refractivity contribution in [3.63, 3.8) is 0 Å². The molecule has 0 radical (unpaired) electrons. The third-order valence-corrected chi connectivity index (χ3v) is 3.97. The molecule has 1 atom stereocenters. The van der Waals surface area contributed by atoms with Crippen LogP contribution in [0.2, 0.25) is 0 Å². The summed E-state index contributed by atoms with van der Waals surface area (Å²) >= 11 is 1.76. The Labute approximate surface area is 108 Å². The van der Waals surface area contributed by atoms with E-state index in [1.54, 1.807) is 11.3 Å². The Morgan fingerprint density at radius 3 is 2.47 bits per heavy atom. The topological polar surface area (TPSA) is 12.0 Å². The number of hydrogen-bond donors (Lipinski definition) is 1. The lowest BCUT2D eigenvalue weighted by Gasteiger charge is -2.15. The Balaban J connectivity index is 2.03. The molecule has 0 bridgehead atoms. The molecule has 90 valence electrons. The minimum atomic E-state index is 0.417. The highest BCUT2D eigenvalue weighted by molar-refractivity contribution is 7.07. The molecule has 0 spiro atoms. The fourth-order valence-corrected chi connectivity index (χ4v) is 2.78. The van der Waals surface area contributed by atoms with Crippen LogP contribution >= 0.6 is 11.3 Å². The van der Waals surface area contributed by atoms with Gasteiger partial charge in [0, 0.05) is 12.6 Å². The zero-order valence-electron chi connectivity index (χ0n) is 10.7. The van der Waals surface area contributed by atoms with Crippen molar-refractivity contribution in [3.05, 3.63) is 57.3 Å². The van der Waals surface area contributed by atoms with Gasteiger partial charge in [0.25, 0.3) is 0 Å². The SMILES string of the molecule is Cc1cccc(C)c1CNC(C)c1ccsc1. The van der Waals surface area contributed by atoms with E-state index in [0.29, 0.717) is 6.04 Å². The van der Waals surface area contributed by atoms with E-state index < -0.39 is 0 Å². The predicted molar refractivity (Wildman–Crippen MR) is 75.5 cm³/mol. The van der Waals surface area contributed by atoms with E-state index >= 15 is 0 Å². The third kappa shape index (κ3) is 2.96. The average Bonchev–Trinajstić information content (AvgIpc) is 2.81. The van der Waals surface area contributed by atoms with Gasteiger partial charge in [-0.15, -0.1) is 0 Å². The summed E-state index contributed by atoms with van der Waals surface area (Å²) in [5, 5.41) is 7.93. The molecule has 0 saturated heterocycles. The van der Waals surface area contributed by atoms with E-state index in [2.05, 4.69) is 61.1 Å². The maximum absolute atomic E-state index is 3.59. The monoisotopic (exact) mass is 245 g/mol. The smallest absolute Gasteiger partial charge is 0.0303 e. The van der Waals surface area contributed by atoms with Crippen LogP contribution in [0, 0.1) is 13.8 Å². The molecule has 0 aliphatic rings. The molecular formula is C15H19NS. The minimum Gasteiger partial charge on any atom is -0.306 e. The maximum atomic E-state index is 3.59. The highest BCUT2D eigenvalue weighted by atomic mass is 32.1. The molecule has 2 aromatic rings. The minimum absolute atomic E-state index is 0.417. The van der Waals surface area contributed by atoms with Crippen LogP contribution in [-0.4, -0.2) is 0 Å². The summed E-state index contributed by atoms with van der Waals surface area (Å²) in [6.07, 6.45) is 0. The molecule has 2 heteroatoms. The number of thiophene rings is 1. The first kappa shape index (κ1) is 12.3. The molecule has 17 heavy (non-hydrogen) atoms. The van der Waals surface area contributed by atoms with Gasteiger partial charge >= 0.3 is 0 Å². The van der Waals surface area contributed by atoms with Crippen LogP contribution in [0.3, 0.4) is 0 Å². The van der Waals surface area contributed by atoms with Crippen molar-refractivity contribution < 1.29 is 0 Å². The highest BCUT2D eigenvalue weighted by Crippen LogP contribution is 2.18. The maximum Gasteiger partial charge on any atom is 0.0303 e. The standard InChI is InChI=1S/C15H19NS/c1-11-5-4-6-12(2)15(11)9-16-13(3)14-7-8-17-10-14/h4-8,10,13,16H,9H2,1-3H3. The molecule has 1 aromatic carbocycles. The zero-order chi connectivity index (χ0) is 12.3. The number of aryl methyl sites for hydroxylation is 2. The summed E-state index contributed by atoms with van der Waals surface area (Å²) in [6.45, 7) is 7.52. The molecule has 0 aliphatic carbocycles. The highest BCUT2D eigenvalue weighted by Gasteiger charge is 2.07. The van der Waals surface area contributed by atoms with Gasteiger partial charge in [-0.05, 0) is 59.9 Å². The normalized spacial score (nSPS) is 12.6. The number of rotatable bonds is 4. The largest absolute Gasteiger partial charge is 0.306 e. The Morgan fingerprint density at radius 1 is 1.18 bits per heavy atom. The van der Waals surface area contributed by atoms with Crippen LogP contribution in [0.15, 0.2) is 35.0 Å². The van der Waals surface area contributed by atoms with Gasteiger partial charge in [-0.1, -0.05) is 18.2 Å². The van der Waals surface area contributed by atoms with Crippen LogP contribution in [0.4, 0.5) is 0 Å². The summed E-state index contributed by atoms with van der Waals surface area (Å²) in [5.74, 6) is 0. The Kier molecular flexibility index (Phi) is 3.97. The second-order valence-electron chi connectivity index (χ2n) is 4.53. The lowest BCUT2D eigenvalue weighted by atomic mass is 10.0. The van der Waals surface area contributed by atoms with E-state index in [1.165, 1.54) is 22.3 Å². The van der Waals surface area contributed by atoms with Gasteiger partial charge in [-0.3, -0.25) is 0 Å². The fourth-order valence-electron chi connectivity index (χ4n) is 2.02. The van der Waals surface area contributed by atoms with Crippen molar-refractivity contribution in [1.82, 2.24) is 5.32 Å². The van der Waals surface area contributed by atoms with Crippen LogP contribution in [0.5, 0.6) is 0 Å². The van der Waals surface area contributed by atoms with E-state index in [1.807, 2.05) is 0 Å². The Morgan fingerprint density at radius 2 is 1.88 bits per heavy atom. The molecule has 0 fully saturated rings. The van der Waals surface area contributed by atoms with E-state index in [0.717, 1.165) is 6.54 Å². The second-order valence-corrected chi connectivity index (χ2v) is 5.31. The first-order valence-electron chi connectivity index (χ1n) is 5.99. The Bertz CT molecular complexity index is 453. The second kappa shape index (κ2) is 5.48. The van der Waals surface area contributed by atoms with Crippen LogP contribution < -0.4 is 5.32 Å². The van der Waals surface area contributed by atoms with Gasteiger partial charge < -0.3 is 5.32 Å². The summed E-state index contributed by atoms with van der Waals surface area (Å²) < 4.78 is 0. The lowest BCUT2D eigenvalue weighted by Crippen LogP contribution is -2.18. The van der Waals surface area contributed by atoms with Crippen LogP contribution in [-0.2, 0) is 6.54 Å². The molecule has 1 unspecified atom stereocenters. The van der Waals surface area contributed by atoms with Crippen molar-refractivity contribution in [2.45, 2.75) is 33.4 Å². The summed E-state index contributed by atoms with van der Waals surface area (Å²) in [7, 11) is 0. The predicted octanol–water partition coefficient (Wildman–Crippen LogP) is 4.22. The number of hydrogen-bond acceptors (Lipinski definition) is 2. The molecule has 0 saturated carbocycles. The van der Waals surface area contributed by atoms with Crippen molar-refractivity contribution in [2.24, 2.45) is 0 Å². The molecule has 1 nitrogen and oxygen atoms in total. The third-order valence-electron chi connectivity index (χ3n) is 3.27. The molecule has 0 aliphatic heterocycles. The van der Waals surface area contributed by atoms with Gasteiger partial charge in [0.15, 0.2) is 0 Å². The quantitative estimate of drug-likeness (QED) is 0.850. The summed E-state index contributed by atoms with van der Waals surface area (Å²) in [6, 6.07) is 9.09. The summed E-state index contributed by atoms with van der Waals surface area (Å²) in [5.41, 5.74) is 5.54. The lowest BCUT2D eigenvalue weighted by molar-refractivity contribution is 0.573. The van der Waals surface area contributed by atoms with Crippen molar-refractivity contribution in [2.75, 3.05) is 0 Å². The molecule has 0 amide bonds. The van der Waals surface area contributed by atoms with E-state index in [9.17, 15) is 0 Å². The van der Waals surface area contributed by atoms with Gasteiger partial charge in [0.1, 0.15) is 0 Å². The van der Waals surface area contributed by atoms with Crippen molar-refractivity contribution >= 4 is 11.3 Å². The molecule has 1 aromatic heterocycles. The molecular weight excluding hydrogens is 226 g/mol. The fraction of sp³-hybridized carbons (Fsp3) is 0.333.